The van der Waals surface area contributed by atoms with E-state index in [1.807, 2.05) is 36.4 Å². The van der Waals surface area contributed by atoms with E-state index in [0.29, 0.717) is 12.2 Å². The number of nitrogens with one attached hydrogen (secondary N) is 1. The second-order valence-electron chi connectivity index (χ2n) is 6.26. The minimum atomic E-state index is -0.483. The lowest BCUT2D eigenvalue weighted by molar-refractivity contribution is 0.108. The molecule has 25 heavy (non-hydrogen) atoms. The van der Waals surface area contributed by atoms with E-state index in [4.69, 9.17) is 16.3 Å². The van der Waals surface area contributed by atoms with Gasteiger partial charge >= 0.3 is 0 Å². The lowest BCUT2D eigenvalue weighted by Gasteiger charge is -2.27. The Hall–Kier alpha value is -2.53. The van der Waals surface area contributed by atoms with Crippen molar-refractivity contribution >= 4 is 28.2 Å². The Bertz CT molecular complexity index is 980. The van der Waals surface area contributed by atoms with Gasteiger partial charge in [-0.05, 0) is 37.6 Å². The van der Waals surface area contributed by atoms with E-state index in [1.54, 1.807) is 12.3 Å². The van der Waals surface area contributed by atoms with Gasteiger partial charge in [-0.3, -0.25) is 4.79 Å². The molecule has 0 fully saturated rings. The molecule has 1 aromatic carbocycles. The van der Waals surface area contributed by atoms with Crippen LogP contribution >= 0.6 is 11.6 Å². The predicted octanol–water partition coefficient (Wildman–Crippen LogP) is 4.27. The zero-order valence-corrected chi connectivity index (χ0v) is 14.8. The van der Waals surface area contributed by atoms with Gasteiger partial charge in [0.1, 0.15) is 5.75 Å². The summed E-state index contributed by atoms with van der Waals surface area (Å²) in [5.41, 5.74) is 5.05. The van der Waals surface area contributed by atoms with E-state index in [0.717, 1.165) is 40.5 Å². The van der Waals surface area contributed by atoms with Crippen molar-refractivity contribution in [3.05, 3.63) is 59.0 Å². The second kappa shape index (κ2) is 6.08. The summed E-state index contributed by atoms with van der Waals surface area (Å²) in [6.07, 6.45) is 2.57. The van der Waals surface area contributed by atoms with Crippen LogP contribution in [0.4, 0.5) is 5.69 Å². The fraction of sp³-hybridized carbons (Fsp3) is 0.263. The lowest BCUT2D eigenvalue weighted by Crippen LogP contribution is -2.20. The number of carbonyl (C=O) groups excluding carboxylic acids is 1. The number of hydrogen-bond acceptors (Lipinski definition) is 4. The first-order chi connectivity index (χ1) is 12.0. The summed E-state index contributed by atoms with van der Waals surface area (Å²) < 4.78 is 7.64. The minimum absolute atomic E-state index is 0.0896. The number of nitrogens with zero attached hydrogens (tertiary/aromatic N) is 2. The number of anilines is 1. The summed E-state index contributed by atoms with van der Waals surface area (Å²) in [5, 5.41) is 3.06. The lowest BCUT2D eigenvalue weighted by atomic mass is 10.0. The Labute approximate surface area is 150 Å². The van der Waals surface area contributed by atoms with Gasteiger partial charge in [-0.25, -0.2) is 4.98 Å². The molecule has 5 nitrogen and oxygen atoms in total. The van der Waals surface area contributed by atoms with Crippen molar-refractivity contribution < 1.29 is 9.53 Å². The Kier molecular flexibility index (Phi) is 3.88. The normalized spacial score (nSPS) is 16.4. The molecule has 2 aromatic heterocycles. The molecule has 1 unspecified atom stereocenters. The van der Waals surface area contributed by atoms with Crippen LogP contribution < -0.4 is 10.1 Å². The molecule has 1 aliphatic heterocycles. The van der Waals surface area contributed by atoms with Crippen molar-refractivity contribution in [2.75, 3.05) is 11.9 Å². The van der Waals surface area contributed by atoms with Crippen molar-refractivity contribution in [2.24, 2.45) is 0 Å². The first kappa shape index (κ1) is 16.0. The molecule has 0 amide bonds. The highest BCUT2D eigenvalue weighted by Gasteiger charge is 2.23. The molecule has 3 aromatic rings. The first-order valence-corrected chi connectivity index (χ1v) is 8.60. The quantitative estimate of drug-likeness (QED) is 0.713. The van der Waals surface area contributed by atoms with E-state index in [9.17, 15) is 4.79 Å². The number of hydrogen-bond donors (Lipinski definition) is 1. The molecule has 3 heterocycles. The molecule has 1 N–H and O–H groups in total. The second-order valence-corrected chi connectivity index (χ2v) is 6.61. The number of pyridine rings is 1. The first-order valence-electron chi connectivity index (χ1n) is 8.22. The molecule has 0 aliphatic carbocycles. The summed E-state index contributed by atoms with van der Waals surface area (Å²) >= 11 is 5.74. The van der Waals surface area contributed by atoms with Gasteiger partial charge in [0.25, 0.3) is 5.24 Å². The number of halogens is 1. The topological polar surface area (TPSA) is 55.6 Å². The molecule has 0 bridgehead atoms. The molecule has 1 aliphatic rings. The average Bonchev–Trinajstić information content (AvgIpc) is 2.90. The van der Waals surface area contributed by atoms with Crippen LogP contribution in [0.5, 0.6) is 5.75 Å². The molecular weight excluding hydrogens is 338 g/mol. The fourth-order valence-electron chi connectivity index (χ4n) is 3.26. The number of rotatable bonds is 3. The van der Waals surface area contributed by atoms with Crippen LogP contribution in [0, 0.1) is 13.8 Å². The highest BCUT2D eigenvalue weighted by atomic mass is 35.5. The van der Waals surface area contributed by atoms with Crippen molar-refractivity contribution in [1.82, 2.24) is 9.38 Å². The molecule has 1 atom stereocenters. The Morgan fingerprint density at radius 3 is 2.96 bits per heavy atom. The summed E-state index contributed by atoms with van der Waals surface area (Å²) in [7, 11) is 0. The van der Waals surface area contributed by atoms with Crippen LogP contribution in [0.15, 0.2) is 36.5 Å². The maximum Gasteiger partial charge on any atom is 0.253 e. The minimum Gasteiger partial charge on any atom is -0.493 e. The van der Waals surface area contributed by atoms with E-state index < -0.39 is 5.24 Å². The van der Waals surface area contributed by atoms with Crippen LogP contribution in [-0.2, 0) is 0 Å². The molecule has 6 heteroatoms. The maximum absolute atomic E-state index is 11.7. The summed E-state index contributed by atoms with van der Waals surface area (Å²) in [5.74, 6) is 0.891. The largest absolute Gasteiger partial charge is 0.493 e. The van der Waals surface area contributed by atoms with Crippen LogP contribution in [0.25, 0.3) is 5.65 Å². The Morgan fingerprint density at radius 1 is 1.36 bits per heavy atom. The molecule has 0 saturated carbocycles. The van der Waals surface area contributed by atoms with Crippen molar-refractivity contribution in [3.8, 4) is 5.75 Å². The van der Waals surface area contributed by atoms with E-state index >= 15 is 0 Å². The third-order valence-electron chi connectivity index (χ3n) is 4.71. The predicted molar refractivity (Wildman–Crippen MR) is 97.8 cm³/mol. The monoisotopic (exact) mass is 355 g/mol. The third kappa shape index (κ3) is 2.74. The summed E-state index contributed by atoms with van der Waals surface area (Å²) in [6, 6.07) is 9.86. The molecular formula is C19H18ClN3O2. The van der Waals surface area contributed by atoms with E-state index in [2.05, 4.69) is 16.4 Å². The van der Waals surface area contributed by atoms with Crippen molar-refractivity contribution in [1.29, 1.82) is 0 Å². The number of para-hydroxylation sites is 1. The smallest absolute Gasteiger partial charge is 0.253 e. The number of benzene rings is 1. The highest BCUT2D eigenvalue weighted by molar-refractivity contribution is 6.67. The zero-order valence-electron chi connectivity index (χ0n) is 14.0. The van der Waals surface area contributed by atoms with Gasteiger partial charge in [0, 0.05) is 23.9 Å². The van der Waals surface area contributed by atoms with Crippen LogP contribution in [0.3, 0.4) is 0 Å². The molecule has 128 valence electrons. The number of ether oxygens (including phenoxy) is 1. The molecule has 0 saturated heterocycles. The van der Waals surface area contributed by atoms with Crippen LogP contribution in [-0.4, -0.2) is 21.2 Å². The highest BCUT2D eigenvalue weighted by Crippen LogP contribution is 2.35. The zero-order chi connectivity index (χ0) is 17.6. The van der Waals surface area contributed by atoms with E-state index in [1.165, 1.54) is 0 Å². The van der Waals surface area contributed by atoms with Gasteiger partial charge in [-0.2, -0.15) is 0 Å². The number of aromatic nitrogens is 2. The van der Waals surface area contributed by atoms with Gasteiger partial charge < -0.3 is 14.5 Å². The van der Waals surface area contributed by atoms with Gasteiger partial charge in [-0.1, -0.05) is 18.2 Å². The van der Waals surface area contributed by atoms with Gasteiger partial charge in [0.05, 0.1) is 29.6 Å². The average molecular weight is 356 g/mol. The Morgan fingerprint density at radius 2 is 2.16 bits per heavy atom. The van der Waals surface area contributed by atoms with E-state index in [-0.39, 0.29) is 6.04 Å². The molecule has 0 radical (unpaired) electrons. The third-order valence-corrected chi connectivity index (χ3v) is 4.93. The van der Waals surface area contributed by atoms with Gasteiger partial charge in [-0.15, -0.1) is 0 Å². The number of imidazole rings is 1. The fourth-order valence-corrected chi connectivity index (χ4v) is 3.37. The van der Waals surface area contributed by atoms with Gasteiger partial charge in [0.15, 0.2) is 5.65 Å². The molecule has 0 spiro atoms. The summed E-state index contributed by atoms with van der Waals surface area (Å²) in [6.45, 7) is 4.58. The number of carbonyl (C=O) groups is 1. The maximum atomic E-state index is 11.7. The van der Waals surface area contributed by atoms with Gasteiger partial charge in [0.2, 0.25) is 0 Å². The van der Waals surface area contributed by atoms with Crippen molar-refractivity contribution in [2.45, 2.75) is 26.3 Å². The summed E-state index contributed by atoms with van der Waals surface area (Å²) in [4.78, 5) is 16.4. The SMILES string of the molecule is Cc1nc2c(NC3CCOc4ccccc43)cc(C(=O)Cl)cn2c1C. The van der Waals surface area contributed by atoms with Crippen LogP contribution in [0.1, 0.15) is 39.8 Å². The standard InChI is InChI=1S/C19H18ClN3O2/c1-11-12(2)23-10-13(18(20)24)9-16(19(23)21-11)22-15-7-8-25-17-6-4-3-5-14(15)17/h3-6,9-10,15,22H,7-8H2,1-2H3. The number of aryl methyl sites for hydroxylation is 2. The van der Waals surface area contributed by atoms with Crippen molar-refractivity contribution in [3.63, 3.8) is 0 Å². The Balaban J connectivity index is 1.82. The van der Waals surface area contributed by atoms with Crippen LogP contribution in [0.2, 0.25) is 0 Å². The number of fused-ring (bicyclic) bond motifs is 2. The molecule has 4 rings (SSSR count).